The molecule has 0 bridgehead atoms. The second kappa shape index (κ2) is 8.39. The maximum atomic E-state index is 13.3. The zero-order valence-corrected chi connectivity index (χ0v) is 18.5. The molecular weight excluding hydrogens is 444 g/mol. The van der Waals surface area contributed by atoms with Gasteiger partial charge in [0.2, 0.25) is 0 Å². The number of amidine groups is 1. The summed E-state index contributed by atoms with van der Waals surface area (Å²) in [4.78, 5) is 20.4. The van der Waals surface area contributed by atoms with Gasteiger partial charge in [0.05, 0.1) is 16.3 Å². The molecule has 0 aliphatic carbocycles. The third kappa shape index (κ3) is 4.52. The van der Waals surface area contributed by atoms with Crippen molar-refractivity contribution in [2.45, 2.75) is 13.8 Å². The van der Waals surface area contributed by atoms with Crippen LogP contribution in [0.5, 0.6) is 0 Å². The van der Waals surface area contributed by atoms with Gasteiger partial charge in [-0.2, -0.15) is 0 Å². The molecule has 1 amide bonds. The molecule has 0 N–H and O–H groups in total. The molecule has 1 heterocycles. The van der Waals surface area contributed by atoms with Gasteiger partial charge in [0.1, 0.15) is 0 Å². The molecule has 4 rings (SSSR count). The van der Waals surface area contributed by atoms with Gasteiger partial charge in [-0.15, -0.1) is 0 Å². The number of carbonyl (C=O) groups is 1. The van der Waals surface area contributed by atoms with Crippen LogP contribution in [0.3, 0.4) is 0 Å². The fourth-order valence-electron chi connectivity index (χ4n) is 2.91. The Morgan fingerprint density at radius 3 is 2.07 bits per heavy atom. The molecule has 5 heteroatoms. The molecule has 1 fully saturated rings. The van der Waals surface area contributed by atoms with Crippen molar-refractivity contribution in [1.82, 2.24) is 0 Å². The number of amides is 1. The number of halogens is 1. The van der Waals surface area contributed by atoms with Crippen molar-refractivity contribution in [3.63, 3.8) is 0 Å². The van der Waals surface area contributed by atoms with Crippen LogP contribution < -0.4 is 4.90 Å². The Kier molecular flexibility index (Phi) is 5.69. The van der Waals surface area contributed by atoms with E-state index < -0.39 is 0 Å². The van der Waals surface area contributed by atoms with Gasteiger partial charge in [-0.25, -0.2) is 4.99 Å². The highest BCUT2D eigenvalue weighted by Gasteiger charge is 2.34. The van der Waals surface area contributed by atoms with Gasteiger partial charge in [0, 0.05) is 4.47 Å². The largest absolute Gasteiger partial charge is 0.271 e. The lowest BCUT2D eigenvalue weighted by Gasteiger charge is -2.16. The number of nitrogens with zero attached hydrogens (tertiary/aromatic N) is 2. The van der Waals surface area contributed by atoms with E-state index in [4.69, 9.17) is 4.99 Å². The van der Waals surface area contributed by atoms with Crippen molar-refractivity contribution >= 4 is 56.2 Å². The van der Waals surface area contributed by atoms with Crippen molar-refractivity contribution in [2.24, 2.45) is 4.99 Å². The molecule has 0 saturated carbocycles. The third-order valence-electron chi connectivity index (χ3n) is 4.53. The number of thioether (sulfide) groups is 1. The molecule has 0 aromatic heterocycles. The lowest BCUT2D eigenvalue weighted by molar-refractivity contribution is -0.113. The second-order valence-corrected chi connectivity index (χ2v) is 8.79. The fraction of sp³-hybridized carbons (Fsp3) is 0.0833. The summed E-state index contributed by atoms with van der Waals surface area (Å²) in [6.07, 6.45) is 1.91. The summed E-state index contributed by atoms with van der Waals surface area (Å²) in [5, 5.41) is 0.658. The Bertz CT molecular complexity index is 1100. The van der Waals surface area contributed by atoms with Crippen molar-refractivity contribution < 1.29 is 4.79 Å². The van der Waals surface area contributed by atoms with E-state index in [0.29, 0.717) is 10.1 Å². The smallest absolute Gasteiger partial charge is 0.268 e. The molecule has 1 aliphatic rings. The predicted molar refractivity (Wildman–Crippen MR) is 127 cm³/mol. The van der Waals surface area contributed by atoms with E-state index in [1.54, 1.807) is 4.90 Å². The first-order valence-electron chi connectivity index (χ1n) is 9.21. The quantitative estimate of drug-likeness (QED) is 0.397. The van der Waals surface area contributed by atoms with Gasteiger partial charge in [-0.05, 0) is 73.6 Å². The summed E-state index contributed by atoms with van der Waals surface area (Å²) >= 11 is 4.85. The minimum Gasteiger partial charge on any atom is -0.268 e. The van der Waals surface area contributed by atoms with Gasteiger partial charge in [-0.1, -0.05) is 63.5 Å². The van der Waals surface area contributed by atoms with E-state index in [0.717, 1.165) is 27.0 Å². The highest BCUT2D eigenvalue weighted by Crippen LogP contribution is 2.37. The molecule has 29 heavy (non-hydrogen) atoms. The highest BCUT2D eigenvalue weighted by molar-refractivity contribution is 9.10. The van der Waals surface area contributed by atoms with Crippen molar-refractivity contribution in [3.8, 4) is 0 Å². The number of carbonyl (C=O) groups excluding carboxylic acids is 1. The summed E-state index contributed by atoms with van der Waals surface area (Å²) in [6.45, 7) is 4.08. The minimum atomic E-state index is -0.0624. The summed E-state index contributed by atoms with van der Waals surface area (Å²) < 4.78 is 1.01. The molecule has 0 atom stereocenters. The van der Waals surface area contributed by atoms with Gasteiger partial charge < -0.3 is 0 Å². The van der Waals surface area contributed by atoms with Crippen molar-refractivity contribution in [2.75, 3.05) is 4.90 Å². The molecule has 0 unspecified atom stereocenters. The predicted octanol–water partition coefficient (Wildman–Crippen LogP) is 6.87. The van der Waals surface area contributed by atoms with E-state index in [2.05, 4.69) is 15.9 Å². The maximum Gasteiger partial charge on any atom is 0.271 e. The standard InChI is InChI=1S/C24H19BrN2OS/c1-16-3-11-20(12-4-16)26-24-27(21-13-5-17(2)6-14-21)23(28)22(29-24)15-18-7-9-19(25)10-8-18/h3-15H,1-2H3/b22-15-,26-24?. The summed E-state index contributed by atoms with van der Waals surface area (Å²) in [5.74, 6) is -0.0624. The third-order valence-corrected chi connectivity index (χ3v) is 6.02. The SMILES string of the molecule is Cc1ccc(N=C2S/C(=C\c3ccc(Br)cc3)C(=O)N2c2ccc(C)cc2)cc1. The zero-order chi connectivity index (χ0) is 20.4. The van der Waals surface area contributed by atoms with Gasteiger partial charge in [-0.3, -0.25) is 9.69 Å². The maximum absolute atomic E-state index is 13.3. The van der Waals surface area contributed by atoms with E-state index in [1.807, 2.05) is 92.7 Å². The monoisotopic (exact) mass is 462 g/mol. The van der Waals surface area contributed by atoms with Crippen LogP contribution in [0, 0.1) is 13.8 Å². The Labute approximate surface area is 183 Å². The molecule has 3 aromatic carbocycles. The second-order valence-electron chi connectivity index (χ2n) is 6.87. The molecule has 3 nitrogen and oxygen atoms in total. The van der Waals surface area contributed by atoms with Gasteiger partial charge >= 0.3 is 0 Å². The van der Waals surface area contributed by atoms with Gasteiger partial charge in [0.25, 0.3) is 5.91 Å². The summed E-state index contributed by atoms with van der Waals surface area (Å²) in [6, 6.07) is 23.8. The Morgan fingerprint density at radius 1 is 0.862 bits per heavy atom. The number of benzene rings is 3. The normalized spacial score (nSPS) is 16.8. The lowest BCUT2D eigenvalue weighted by Crippen LogP contribution is -2.28. The van der Waals surface area contributed by atoms with Crippen LogP contribution in [0.2, 0.25) is 0 Å². The van der Waals surface area contributed by atoms with Crippen LogP contribution >= 0.6 is 27.7 Å². The number of aliphatic imine (C=N–C) groups is 1. The van der Waals surface area contributed by atoms with Crippen LogP contribution in [-0.2, 0) is 4.79 Å². The molecule has 1 aliphatic heterocycles. The fourth-order valence-corrected chi connectivity index (χ4v) is 4.18. The van der Waals surface area contributed by atoms with E-state index in [-0.39, 0.29) is 5.91 Å². The molecule has 1 saturated heterocycles. The van der Waals surface area contributed by atoms with Crippen LogP contribution in [0.4, 0.5) is 11.4 Å². The van der Waals surface area contributed by atoms with Crippen LogP contribution in [0.1, 0.15) is 16.7 Å². The number of aryl methyl sites for hydroxylation is 2. The molecule has 144 valence electrons. The zero-order valence-electron chi connectivity index (χ0n) is 16.1. The first kappa shape index (κ1) is 19.7. The Balaban J connectivity index is 1.76. The molecule has 0 spiro atoms. The first-order valence-corrected chi connectivity index (χ1v) is 10.8. The lowest BCUT2D eigenvalue weighted by atomic mass is 10.2. The van der Waals surface area contributed by atoms with E-state index in [1.165, 1.54) is 17.3 Å². The van der Waals surface area contributed by atoms with Crippen molar-refractivity contribution in [3.05, 3.63) is 98.9 Å². The van der Waals surface area contributed by atoms with Crippen LogP contribution in [0.15, 0.2) is 87.2 Å². The highest BCUT2D eigenvalue weighted by atomic mass is 79.9. The summed E-state index contributed by atoms with van der Waals surface area (Å²) in [7, 11) is 0. The van der Waals surface area contributed by atoms with E-state index >= 15 is 0 Å². The van der Waals surface area contributed by atoms with Gasteiger partial charge in [0.15, 0.2) is 5.17 Å². The topological polar surface area (TPSA) is 32.7 Å². The molecule has 3 aromatic rings. The number of hydrogen-bond donors (Lipinski definition) is 0. The van der Waals surface area contributed by atoms with Crippen LogP contribution in [-0.4, -0.2) is 11.1 Å². The Hall–Kier alpha value is -2.63. The molecular formula is C24H19BrN2OS. The van der Waals surface area contributed by atoms with E-state index in [9.17, 15) is 4.79 Å². The molecule has 0 radical (unpaired) electrons. The number of hydrogen-bond acceptors (Lipinski definition) is 3. The van der Waals surface area contributed by atoms with Crippen molar-refractivity contribution in [1.29, 1.82) is 0 Å². The number of anilines is 1. The Morgan fingerprint density at radius 2 is 1.45 bits per heavy atom. The number of rotatable bonds is 3. The van der Waals surface area contributed by atoms with Crippen LogP contribution in [0.25, 0.3) is 6.08 Å². The average Bonchev–Trinajstić information content (AvgIpc) is 3.01. The summed E-state index contributed by atoms with van der Waals surface area (Å²) in [5.41, 5.74) is 4.95. The average molecular weight is 463 g/mol. The minimum absolute atomic E-state index is 0.0624. The first-order chi connectivity index (χ1) is 14.0.